The van der Waals surface area contributed by atoms with Crippen molar-refractivity contribution in [3.8, 4) is 0 Å². The Morgan fingerprint density at radius 1 is 1.35 bits per heavy atom. The minimum absolute atomic E-state index is 0.0696. The number of likely N-dealkylation sites (tertiary alicyclic amines) is 1. The van der Waals surface area contributed by atoms with Crippen LogP contribution in [0, 0.1) is 5.92 Å². The molecule has 3 rings (SSSR count). The highest BCUT2D eigenvalue weighted by molar-refractivity contribution is 5.97. The van der Waals surface area contributed by atoms with Crippen LogP contribution >= 0.6 is 0 Å². The van der Waals surface area contributed by atoms with Gasteiger partial charge in [0.05, 0.1) is 6.61 Å². The van der Waals surface area contributed by atoms with Crippen LogP contribution in [0.2, 0.25) is 0 Å². The zero-order valence-corrected chi connectivity index (χ0v) is 15.9. The van der Waals surface area contributed by atoms with E-state index in [1.807, 2.05) is 23.1 Å². The third kappa shape index (κ3) is 4.36. The lowest BCUT2D eigenvalue weighted by atomic mass is 10.0. The van der Waals surface area contributed by atoms with Gasteiger partial charge in [0.2, 0.25) is 5.91 Å². The molecule has 0 bridgehead atoms. The first-order valence-corrected chi connectivity index (χ1v) is 9.63. The van der Waals surface area contributed by atoms with Crippen LogP contribution in [0.5, 0.6) is 0 Å². The van der Waals surface area contributed by atoms with E-state index >= 15 is 0 Å². The summed E-state index contributed by atoms with van der Waals surface area (Å²) in [5.41, 5.74) is 2.30. The maximum Gasteiger partial charge on any atom is 0.248 e. The van der Waals surface area contributed by atoms with Gasteiger partial charge in [-0.3, -0.25) is 4.79 Å². The second-order valence-electron chi connectivity index (χ2n) is 7.00. The number of amides is 1. The monoisotopic (exact) mass is 358 g/mol. The van der Waals surface area contributed by atoms with Crippen LogP contribution < -0.4 is 10.2 Å². The van der Waals surface area contributed by atoms with Crippen LogP contribution in [0.15, 0.2) is 29.3 Å². The van der Waals surface area contributed by atoms with Crippen LogP contribution in [0.3, 0.4) is 0 Å². The van der Waals surface area contributed by atoms with Gasteiger partial charge in [-0.1, -0.05) is 18.2 Å². The molecule has 6 heteroatoms. The quantitative estimate of drug-likeness (QED) is 0.645. The van der Waals surface area contributed by atoms with E-state index in [1.165, 1.54) is 5.56 Å². The van der Waals surface area contributed by atoms with Gasteiger partial charge in [-0.25, -0.2) is 4.99 Å². The molecule has 2 heterocycles. The highest BCUT2D eigenvalue weighted by atomic mass is 16.5. The zero-order valence-electron chi connectivity index (χ0n) is 15.9. The fraction of sp³-hybridized carbons (Fsp3) is 0.600. The second kappa shape index (κ2) is 9.03. The number of hydrogen-bond donors (Lipinski definition) is 1. The summed E-state index contributed by atoms with van der Waals surface area (Å²) in [6.07, 6.45) is 3.16. The first-order chi connectivity index (χ1) is 12.7. The maximum atomic E-state index is 12.8. The Morgan fingerprint density at radius 2 is 2.19 bits per heavy atom. The van der Waals surface area contributed by atoms with Gasteiger partial charge in [-0.15, -0.1) is 0 Å². The van der Waals surface area contributed by atoms with Gasteiger partial charge >= 0.3 is 0 Å². The topological polar surface area (TPSA) is 57.2 Å². The molecule has 0 spiro atoms. The number of aliphatic imine (C=N–C) groups is 1. The zero-order chi connectivity index (χ0) is 18.4. The number of rotatable bonds is 5. The molecular formula is C20H30N4O2. The molecule has 26 heavy (non-hydrogen) atoms. The summed E-state index contributed by atoms with van der Waals surface area (Å²) in [6, 6.07) is 8.19. The molecule has 142 valence electrons. The Balaban J connectivity index is 1.66. The van der Waals surface area contributed by atoms with Crippen molar-refractivity contribution in [1.29, 1.82) is 0 Å². The molecule has 1 aromatic rings. The molecule has 0 aliphatic carbocycles. The number of nitrogens with zero attached hydrogens (tertiary/aromatic N) is 3. The number of benzene rings is 1. The number of ether oxygens (including phenoxy) is 1. The minimum Gasteiger partial charge on any atom is -0.384 e. The summed E-state index contributed by atoms with van der Waals surface area (Å²) in [7, 11) is 1.75. The lowest BCUT2D eigenvalue weighted by Crippen LogP contribution is -2.42. The Kier molecular flexibility index (Phi) is 6.50. The maximum absolute atomic E-state index is 12.8. The van der Waals surface area contributed by atoms with E-state index in [-0.39, 0.29) is 12.5 Å². The molecule has 1 amide bonds. The lowest BCUT2D eigenvalue weighted by Gasteiger charge is -2.29. The molecule has 1 fully saturated rings. The summed E-state index contributed by atoms with van der Waals surface area (Å²) in [5.74, 6) is 1.44. The van der Waals surface area contributed by atoms with Crippen molar-refractivity contribution in [3.05, 3.63) is 29.8 Å². The van der Waals surface area contributed by atoms with Gasteiger partial charge in [0.25, 0.3) is 0 Å². The molecule has 1 atom stereocenters. The van der Waals surface area contributed by atoms with Gasteiger partial charge in [0, 0.05) is 44.9 Å². The van der Waals surface area contributed by atoms with Gasteiger partial charge in [-0.05, 0) is 37.8 Å². The third-order valence-corrected chi connectivity index (χ3v) is 5.10. The highest BCUT2D eigenvalue weighted by Gasteiger charge is 2.26. The summed E-state index contributed by atoms with van der Waals surface area (Å²) in [6.45, 7) is 6.48. The van der Waals surface area contributed by atoms with E-state index in [0.717, 1.165) is 63.7 Å². The molecule has 1 aromatic carbocycles. The number of aryl methyl sites for hydroxylation is 1. The van der Waals surface area contributed by atoms with Crippen molar-refractivity contribution in [1.82, 2.24) is 10.2 Å². The van der Waals surface area contributed by atoms with Gasteiger partial charge in [0.15, 0.2) is 5.96 Å². The van der Waals surface area contributed by atoms with Crippen molar-refractivity contribution >= 4 is 17.6 Å². The molecule has 1 N–H and O–H groups in total. The Bertz CT molecular complexity index is 646. The number of guanidine groups is 1. The number of para-hydroxylation sites is 1. The SMILES string of the molecule is CCNC(=NCC(=O)N1CCCc2ccccc21)N1CCC(COC)C1. The van der Waals surface area contributed by atoms with Gasteiger partial charge < -0.3 is 19.9 Å². The predicted octanol–water partition coefficient (Wildman–Crippen LogP) is 1.90. The van der Waals surface area contributed by atoms with Crippen molar-refractivity contribution in [3.63, 3.8) is 0 Å². The summed E-state index contributed by atoms with van der Waals surface area (Å²) >= 11 is 0. The van der Waals surface area contributed by atoms with E-state index < -0.39 is 0 Å². The van der Waals surface area contributed by atoms with Crippen LogP contribution in [0.4, 0.5) is 5.69 Å². The standard InChI is InChI=1S/C20H30N4O2/c1-3-21-20(23-12-10-16(14-23)15-26-2)22-13-19(25)24-11-6-8-17-7-4-5-9-18(17)24/h4-5,7,9,16H,3,6,8,10-15H2,1-2H3,(H,21,22). The largest absolute Gasteiger partial charge is 0.384 e. The van der Waals surface area contributed by atoms with Crippen LogP contribution in [-0.2, 0) is 16.0 Å². The van der Waals surface area contributed by atoms with Crippen LogP contribution in [0.25, 0.3) is 0 Å². The molecule has 1 saturated heterocycles. The van der Waals surface area contributed by atoms with Gasteiger partial charge in [-0.2, -0.15) is 0 Å². The van der Waals surface area contributed by atoms with Gasteiger partial charge in [0.1, 0.15) is 6.54 Å². The Labute approximate surface area is 156 Å². The van der Waals surface area contributed by atoms with Crippen molar-refractivity contribution in [2.75, 3.05) is 51.3 Å². The number of anilines is 1. The molecule has 0 aromatic heterocycles. The summed E-state index contributed by atoms with van der Waals surface area (Å²) < 4.78 is 5.28. The molecule has 0 radical (unpaired) electrons. The molecular weight excluding hydrogens is 328 g/mol. The minimum atomic E-state index is 0.0696. The summed E-state index contributed by atoms with van der Waals surface area (Å²) in [5, 5.41) is 3.33. The normalized spacial score (nSPS) is 20.2. The Morgan fingerprint density at radius 3 is 3.00 bits per heavy atom. The highest BCUT2D eigenvalue weighted by Crippen LogP contribution is 2.26. The second-order valence-corrected chi connectivity index (χ2v) is 7.00. The molecule has 1 unspecified atom stereocenters. The smallest absolute Gasteiger partial charge is 0.248 e. The lowest BCUT2D eigenvalue weighted by molar-refractivity contribution is -0.117. The molecule has 6 nitrogen and oxygen atoms in total. The number of fused-ring (bicyclic) bond motifs is 1. The molecule has 2 aliphatic rings. The number of methoxy groups -OCH3 is 1. The van der Waals surface area contributed by atoms with Crippen molar-refractivity contribution < 1.29 is 9.53 Å². The van der Waals surface area contributed by atoms with E-state index in [2.05, 4.69) is 28.2 Å². The number of carbonyl (C=O) groups is 1. The van der Waals surface area contributed by atoms with Crippen molar-refractivity contribution in [2.45, 2.75) is 26.2 Å². The molecule has 0 saturated carbocycles. The van der Waals surface area contributed by atoms with E-state index in [9.17, 15) is 4.79 Å². The van der Waals surface area contributed by atoms with E-state index in [4.69, 9.17) is 4.74 Å². The summed E-state index contributed by atoms with van der Waals surface area (Å²) in [4.78, 5) is 21.6. The predicted molar refractivity (Wildman–Crippen MR) is 105 cm³/mol. The first-order valence-electron chi connectivity index (χ1n) is 9.63. The fourth-order valence-corrected chi connectivity index (χ4v) is 3.84. The average Bonchev–Trinajstić information content (AvgIpc) is 3.13. The third-order valence-electron chi connectivity index (χ3n) is 5.10. The Hall–Kier alpha value is -2.08. The average molecular weight is 358 g/mol. The molecule has 2 aliphatic heterocycles. The van der Waals surface area contributed by atoms with Crippen molar-refractivity contribution in [2.24, 2.45) is 10.9 Å². The number of hydrogen-bond acceptors (Lipinski definition) is 3. The fourth-order valence-electron chi connectivity index (χ4n) is 3.84. The van der Waals surface area contributed by atoms with Crippen LogP contribution in [0.1, 0.15) is 25.3 Å². The first kappa shape index (κ1) is 18.7. The number of nitrogens with one attached hydrogen (secondary N) is 1. The van der Waals surface area contributed by atoms with E-state index in [1.54, 1.807) is 7.11 Å². The van der Waals surface area contributed by atoms with Crippen LogP contribution in [-0.4, -0.2) is 63.2 Å². The van der Waals surface area contributed by atoms with E-state index in [0.29, 0.717) is 5.92 Å². The number of carbonyl (C=O) groups excluding carboxylic acids is 1.